The molecule has 0 aromatic heterocycles. The second kappa shape index (κ2) is 5.69. The quantitative estimate of drug-likeness (QED) is 0.512. The van der Waals surface area contributed by atoms with Crippen molar-refractivity contribution >= 4 is 20.7 Å². The standard InChI is InChI=1S/C19H15O3S2/c1-22-14-10-12-15(13-11-14)23-16-6-2-4-8-18(16)24(20,21)19-9-5-3-7-17(19)23/h2-13H,1H3/q+1. The highest BCUT2D eigenvalue weighted by Gasteiger charge is 2.44. The number of fused-ring (bicyclic) bond motifs is 2. The summed E-state index contributed by atoms with van der Waals surface area (Å²) in [6.45, 7) is 0. The molecule has 0 aliphatic carbocycles. The first-order valence-corrected chi connectivity index (χ1v) is 10.2. The number of ether oxygens (including phenoxy) is 1. The van der Waals surface area contributed by atoms with Crippen LogP contribution in [0.15, 0.2) is 97.3 Å². The van der Waals surface area contributed by atoms with Gasteiger partial charge in [0.15, 0.2) is 14.7 Å². The lowest BCUT2D eigenvalue weighted by Crippen LogP contribution is -2.20. The Hall–Kier alpha value is -2.24. The van der Waals surface area contributed by atoms with E-state index in [9.17, 15) is 8.42 Å². The molecule has 4 rings (SSSR count). The van der Waals surface area contributed by atoms with Gasteiger partial charge in [-0.25, -0.2) is 8.42 Å². The van der Waals surface area contributed by atoms with Gasteiger partial charge >= 0.3 is 0 Å². The Labute approximate surface area is 144 Å². The molecule has 0 amide bonds. The van der Waals surface area contributed by atoms with E-state index in [4.69, 9.17) is 4.74 Å². The summed E-state index contributed by atoms with van der Waals surface area (Å²) in [7, 11) is -2.29. The maximum Gasteiger partial charge on any atom is 0.216 e. The molecule has 24 heavy (non-hydrogen) atoms. The van der Waals surface area contributed by atoms with Gasteiger partial charge in [0.2, 0.25) is 9.84 Å². The Morgan fingerprint density at radius 1 is 0.750 bits per heavy atom. The summed E-state index contributed by atoms with van der Waals surface area (Å²) in [6.07, 6.45) is 0. The molecule has 0 N–H and O–H groups in total. The normalized spacial score (nSPS) is 15.4. The smallest absolute Gasteiger partial charge is 0.216 e. The molecule has 0 bridgehead atoms. The first-order valence-electron chi connectivity index (χ1n) is 7.44. The van der Waals surface area contributed by atoms with Crippen LogP contribution < -0.4 is 4.74 Å². The Kier molecular flexibility index (Phi) is 3.62. The zero-order valence-electron chi connectivity index (χ0n) is 13.0. The first-order chi connectivity index (χ1) is 11.6. The Bertz CT molecular complexity index is 955. The van der Waals surface area contributed by atoms with Crippen molar-refractivity contribution in [3.05, 3.63) is 72.8 Å². The summed E-state index contributed by atoms with van der Waals surface area (Å²) in [5.74, 6) is 0.786. The number of rotatable bonds is 2. The van der Waals surface area contributed by atoms with E-state index in [0.29, 0.717) is 9.79 Å². The summed E-state index contributed by atoms with van der Waals surface area (Å²) in [5, 5.41) is 0. The van der Waals surface area contributed by atoms with Gasteiger partial charge in [0, 0.05) is 0 Å². The average Bonchev–Trinajstić information content (AvgIpc) is 2.63. The molecule has 0 saturated heterocycles. The summed E-state index contributed by atoms with van der Waals surface area (Å²) in [5.41, 5.74) is 0. The van der Waals surface area contributed by atoms with Gasteiger partial charge in [0.1, 0.15) is 26.4 Å². The van der Waals surface area contributed by atoms with E-state index in [1.807, 2.05) is 48.5 Å². The third kappa shape index (κ3) is 2.24. The Morgan fingerprint density at radius 2 is 1.25 bits per heavy atom. The Morgan fingerprint density at radius 3 is 1.75 bits per heavy atom. The van der Waals surface area contributed by atoms with Crippen molar-refractivity contribution in [2.45, 2.75) is 24.5 Å². The fourth-order valence-corrected chi connectivity index (χ4v) is 7.58. The molecule has 0 spiro atoms. The molecule has 0 atom stereocenters. The zero-order chi connectivity index (χ0) is 16.7. The van der Waals surface area contributed by atoms with Crippen LogP contribution in [-0.4, -0.2) is 15.5 Å². The van der Waals surface area contributed by atoms with Crippen LogP contribution in [0.25, 0.3) is 0 Å². The van der Waals surface area contributed by atoms with Crippen molar-refractivity contribution < 1.29 is 13.2 Å². The number of benzene rings is 3. The predicted molar refractivity (Wildman–Crippen MR) is 93.5 cm³/mol. The lowest BCUT2D eigenvalue weighted by Gasteiger charge is -2.19. The third-order valence-electron chi connectivity index (χ3n) is 4.01. The molecular weight excluding hydrogens is 340 g/mol. The maximum absolute atomic E-state index is 13.0. The number of sulfone groups is 1. The van der Waals surface area contributed by atoms with Gasteiger partial charge in [-0.2, -0.15) is 0 Å². The molecule has 1 heterocycles. The number of methoxy groups -OCH3 is 1. The minimum Gasteiger partial charge on any atom is -0.497 e. The highest BCUT2D eigenvalue weighted by molar-refractivity contribution is 8.00. The second-order valence-corrected chi connectivity index (χ2v) is 9.23. The number of hydrogen-bond donors (Lipinski definition) is 0. The highest BCUT2D eigenvalue weighted by atomic mass is 32.2. The van der Waals surface area contributed by atoms with E-state index in [1.54, 1.807) is 31.4 Å². The van der Waals surface area contributed by atoms with E-state index < -0.39 is 20.7 Å². The summed E-state index contributed by atoms with van der Waals surface area (Å²) in [4.78, 5) is 3.58. The molecule has 1 aliphatic rings. The molecule has 0 unspecified atom stereocenters. The van der Waals surface area contributed by atoms with Crippen molar-refractivity contribution in [1.82, 2.24) is 0 Å². The van der Waals surface area contributed by atoms with Crippen molar-refractivity contribution in [3.8, 4) is 5.75 Å². The third-order valence-corrected chi connectivity index (χ3v) is 8.48. The second-order valence-electron chi connectivity index (χ2n) is 5.38. The molecule has 0 fully saturated rings. The van der Waals surface area contributed by atoms with E-state index in [1.165, 1.54) is 0 Å². The fraction of sp³-hybridized carbons (Fsp3) is 0.0526. The molecule has 0 saturated carbocycles. The molecular formula is C19H15O3S2+. The Balaban J connectivity index is 2.01. The van der Waals surface area contributed by atoms with Crippen molar-refractivity contribution in [2.24, 2.45) is 0 Å². The monoisotopic (exact) mass is 355 g/mol. The van der Waals surface area contributed by atoms with Gasteiger partial charge in [0.05, 0.1) is 7.11 Å². The van der Waals surface area contributed by atoms with E-state index in [2.05, 4.69) is 0 Å². The van der Waals surface area contributed by atoms with Crippen LogP contribution in [0.2, 0.25) is 0 Å². The van der Waals surface area contributed by atoms with Gasteiger partial charge in [0.25, 0.3) is 0 Å². The van der Waals surface area contributed by atoms with Crippen molar-refractivity contribution in [2.75, 3.05) is 7.11 Å². The molecule has 5 heteroatoms. The van der Waals surface area contributed by atoms with Crippen LogP contribution in [0.1, 0.15) is 0 Å². The summed E-state index contributed by atoms with van der Waals surface area (Å²) >= 11 is 0. The SMILES string of the molecule is COc1ccc([S+]2c3ccccc3S(=O)(=O)c3ccccc32)cc1. The summed E-state index contributed by atoms with van der Waals surface area (Å²) in [6, 6.07) is 22.4. The van der Waals surface area contributed by atoms with E-state index in [-0.39, 0.29) is 0 Å². The molecule has 3 aromatic rings. The minimum absolute atomic E-state index is 0.405. The maximum atomic E-state index is 13.0. The van der Waals surface area contributed by atoms with Gasteiger partial charge < -0.3 is 4.74 Å². The fourth-order valence-electron chi connectivity index (χ4n) is 2.88. The topological polar surface area (TPSA) is 43.4 Å². The van der Waals surface area contributed by atoms with Gasteiger partial charge in [-0.3, -0.25) is 0 Å². The van der Waals surface area contributed by atoms with Crippen LogP contribution in [0, 0.1) is 0 Å². The molecule has 3 aromatic carbocycles. The number of hydrogen-bond acceptors (Lipinski definition) is 3. The lowest BCUT2D eigenvalue weighted by molar-refractivity contribution is 0.414. The molecule has 3 nitrogen and oxygen atoms in total. The minimum atomic E-state index is -3.47. The van der Waals surface area contributed by atoms with Gasteiger partial charge in [-0.15, -0.1) is 0 Å². The van der Waals surface area contributed by atoms with Crippen molar-refractivity contribution in [3.63, 3.8) is 0 Å². The molecule has 1 aliphatic heterocycles. The van der Waals surface area contributed by atoms with E-state index in [0.717, 1.165) is 20.4 Å². The van der Waals surface area contributed by atoms with Crippen LogP contribution in [0.4, 0.5) is 0 Å². The zero-order valence-corrected chi connectivity index (χ0v) is 14.6. The molecule has 0 radical (unpaired) electrons. The van der Waals surface area contributed by atoms with Crippen LogP contribution >= 0.6 is 0 Å². The highest BCUT2D eigenvalue weighted by Crippen LogP contribution is 2.44. The van der Waals surface area contributed by atoms with Gasteiger partial charge in [-0.05, 0) is 48.5 Å². The van der Waals surface area contributed by atoms with Gasteiger partial charge in [-0.1, -0.05) is 24.3 Å². The van der Waals surface area contributed by atoms with Crippen LogP contribution in [-0.2, 0) is 20.7 Å². The predicted octanol–water partition coefficient (Wildman–Crippen LogP) is 3.94. The van der Waals surface area contributed by atoms with Crippen molar-refractivity contribution in [1.29, 1.82) is 0 Å². The average molecular weight is 355 g/mol. The largest absolute Gasteiger partial charge is 0.497 e. The summed E-state index contributed by atoms with van der Waals surface area (Å²) < 4.78 is 31.2. The lowest BCUT2D eigenvalue weighted by atomic mass is 10.3. The first kappa shape index (κ1) is 15.3. The molecule has 120 valence electrons. The van der Waals surface area contributed by atoms with Crippen LogP contribution in [0.5, 0.6) is 5.75 Å². The van der Waals surface area contributed by atoms with E-state index >= 15 is 0 Å². The van der Waals surface area contributed by atoms with Crippen LogP contribution in [0.3, 0.4) is 0 Å².